The second-order valence-electron chi connectivity index (χ2n) is 3.05. The molecule has 0 radical (unpaired) electrons. The third kappa shape index (κ3) is 0.932. The first-order valence-corrected chi connectivity index (χ1v) is 6.57. The first kappa shape index (κ1) is 7.54. The van der Waals surface area contributed by atoms with Crippen LogP contribution in [0.15, 0.2) is 22.4 Å². The highest BCUT2D eigenvalue weighted by atomic mass is 32.2. The van der Waals surface area contributed by atoms with Gasteiger partial charge in [0, 0.05) is 19.9 Å². The van der Waals surface area contributed by atoms with Gasteiger partial charge in [0.1, 0.15) is 0 Å². The zero-order valence-corrected chi connectivity index (χ0v) is 9.06. The lowest BCUT2D eigenvalue weighted by Gasteiger charge is -2.05. The Hall–Kier alpha value is 0.140. The molecule has 0 aliphatic carbocycles. The van der Waals surface area contributed by atoms with Gasteiger partial charge in [-0.1, -0.05) is 6.08 Å². The van der Waals surface area contributed by atoms with E-state index >= 15 is 0 Å². The fourth-order valence-corrected chi connectivity index (χ4v) is 5.99. The number of hydrogen-bond acceptors (Lipinski definition) is 3. The van der Waals surface area contributed by atoms with Gasteiger partial charge in [-0.05, 0) is 18.4 Å². The number of rotatable bonds is 0. The summed E-state index contributed by atoms with van der Waals surface area (Å²) in [5.41, 5.74) is 0. The lowest BCUT2D eigenvalue weighted by molar-refractivity contribution is 1.05. The zero-order chi connectivity index (χ0) is 8.13. The Morgan fingerprint density at radius 3 is 3.25 bits per heavy atom. The third-order valence-corrected chi connectivity index (χ3v) is 6.18. The van der Waals surface area contributed by atoms with Gasteiger partial charge in [-0.2, -0.15) is 0 Å². The van der Waals surface area contributed by atoms with Crippen molar-refractivity contribution >= 4 is 34.9 Å². The minimum atomic E-state index is 0.733. The molecule has 0 N–H and O–H groups in total. The molecule has 0 spiro atoms. The maximum atomic E-state index is 2.34. The van der Waals surface area contributed by atoms with Crippen LogP contribution in [0.3, 0.4) is 0 Å². The summed E-state index contributed by atoms with van der Waals surface area (Å²) in [6.07, 6.45) is 2.34. The Balaban J connectivity index is 2.09. The summed E-state index contributed by atoms with van der Waals surface area (Å²) < 4.78 is 0. The van der Waals surface area contributed by atoms with Crippen LogP contribution in [-0.2, 0) is 0 Å². The Labute approximate surface area is 84.4 Å². The molecule has 12 heavy (non-hydrogen) atoms. The molecule has 0 saturated heterocycles. The molecule has 2 atom stereocenters. The van der Waals surface area contributed by atoms with Crippen LogP contribution in [0.2, 0.25) is 0 Å². The average molecular weight is 212 g/mol. The smallest absolute Gasteiger partial charge is 0.0601 e. The second-order valence-corrected chi connectivity index (χ2v) is 6.61. The van der Waals surface area contributed by atoms with Crippen LogP contribution >= 0.6 is 34.9 Å². The van der Waals surface area contributed by atoms with Crippen LogP contribution < -0.4 is 0 Å². The predicted molar refractivity (Wildman–Crippen MR) is 58.2 cm³/mol. The number of thiophene rings is 1. The van der Waals surface area contributed by atoms with E-state index in [0.717, 1.165) is 10.5 Å². The van der Waals surface area contributed by atoms with Crippen LogP contribution in [0, 0.1) is 6.92 Å². The summed E-state index contributed by atoms with van der Waals surface area (Å²) in [6.45, 7) is 2.20. The molecule has 0 bridgehead atoms. The Morgan fingerprint density at radius 2 is 2.33 bits per heavy atom. The topological polar surface area (TPSA) is 0 Å². The molecule has 3 heteroatoms. The third-order valence-electron chi connectivity index (χ3n) is 2.16. The van der Waals surface area contributed by atoms with Gasteiger partial charge in [-0.3, -0.25) is 0 Å². The molecule has 3 rings (SSSR count). The van der Waals surface area contributed by atoms with Crippen LogP contribution in [-0.4, -0.2) is 5.25 Å². The van der Waals surface area contributed by atoms with Crippen molar-refractivity contribution in [1.29, 1.82) is 0 Å². The largest absolute Gasteiger partial charge is 0.143 e. The van der Waals surface area contributed by atoms with Crippen molar-refractivity contribution in [3.8, 4) is 0 Å². The maximum absolute atomic E-state index is 2.34. The molecular formula is C9H8S3. The van der Waals surface area contributed by atoms with Gasteiger partial charge >= 0.3 is 0 Å². The molecule has 62 valence electrons. The highest BCUT2D eigenvalue weighted by Crippen LogP contribution is 2.57. The van der Waals surface area contributed by atoms with E-state index in [2.05, 4.69) is 24.5 Å². The number of fused-ring (bicyclic) bond motifs is 3. The van der Waals surface area contributed by atoms with Crippen molar-refractivity contribution in [3.63, 3.8) is 0 Å². The molecule has 0 aromatic carbocycles. The average Bonchev–Trinajstić information content (AvgIpc) is 2.59. The van der Waals surface area contributed by atoms with Crippen molar-refractivity contribution in [1.82, 2.24) is 0 Å². The van der Waals surface area contributed by atoms with Crippen LogP contribution in [0.1, 0.15) is 15.0 Å². The van der Waals surface area contributed by atoms with E-state index in [1.165, 1.54) is 9.77 Å². The summed E-state index contributed by atoms with van der Waals surface area (Å²) in [5, 5.41) is 3.72. The second kappa shape index (κ2) is 2.56. The molecule has 0 fully saturated rings. The fourth-order valence-electron chi connectivity index (χ4n) is 1.64. The van der Waals surface area contributed by atoms with Crippen LogP contribution in [0.4, 0.5) is 0 Å². The monoisotopic (exact) mass is 212 g/mol. The van der Waals surface area contributed by atoms with Gasteiger partial charge in [0.25, 0.3) is 0 Å². The predicted octanol–water partition coefficient (Wildman–Crippen LogP) is 3.83. The van der Waals surface area contributed by atoms with Crippen LogP contribution in [0.25, 0.3) is 0 Å². The first-order valence-electron chi connectivity index (χ1n) is 3.94. The minimum Gasteiger partial charge on any atom is -0.143 e. The van der Waals surface area contributed by atoms with Crippen molar-refractivity contribution in [2.45, 2.75) is 22.3 Å². The molecule has 2 aliphatic heterocycles. The summed E-state index contributed by atoms with van der Waals surface area (Å²) in [4.78, 5) is 4.60. The summed E-state index contributed by atoms with van der Waals surface area (Å²) in [6, 6.07) is 2.33. The van der Waals surface area contributed by atoms with Crippen molar-refractivity contribution < 1.29 is 0 Å². The Kier molecular flexibility index (Phi) is 1.61. The molecule has 0 nitrogen and oxygen atoms in total. The van der Waals surface area contributed by atoms with E-state index < -0.39 is 0 Å². The van der Waals surface area contributed by atoms with E-state index in [1.54, 1.807) is 4.88 Å². The first-order chi connectivity index (χ1) is 5.84. The summed E-state index contributed by atoms with van der Waals surface area (Å²) in [7, 11) is 0. The van der Waals surface area contributed by atoms with Gasteiger partial charge in [0.2, 0.25) is 0 Å². The van der Waals surface area contributed by atoms with E-state index in [4.69, 9.17) is 0 Å². The Bertz CT molecular complexity index is 351. The molecule has 1 aromatic heterocycles. The molecule has 0 amide bonds. The number of hydrogen-bond donors (Lipinski definition) is 0. The van der Waals surface area contributed by atoms with Crippen LogP contribution in [0.5, 0.6) is 0 Å². The molecule has 3 heterocycles. The maximum Gasteiger partial charge on any atom is 0.0601 e. The van der Waals surface area contributed by atoms with E-state index in [9.17, 15) is 0 Å². The SMILES string of the molecule is Cc1cc2c(s1)C1SC=CC1S2. The molecule has 0 saturated carbocycles. The van der Waals surface area contributed by atoms with Crippen molar-refractivity contribution in [2.24, 2.45) is 0 Å². The molecule has 2 aliphatic rings. The highest BCUT2D eigenvalue weighted by molar-refractivity contribution is 8.07. The van der Waals surface area contributed by atoms with Gasteiger partial charge in [-0.15, -0.1) is 34.9 Å². The lowest BCUT2D eigenvalue weighted by atomic mass is 10.2. The van der Waals surface area contributed by atoms with Gasteiger partial charge in [-0.25, -0.2) is 0 Å². The quantitative estimate of drug-likeness (QED) is 0.641. The lowest BCUT2D eigenvalue weighted by Crippen LogP contribution is -1.95. The minimum absolute atomic E-state index is 0.733. The number of aryl methyl sites for hydroxylation is 1. The van der Waals surface area contributed by atoms with E-state index in [0.29, 0.717) is 0 Å². The highest BCUT2D eigenvalue weighted by Gasteiger charge is 2.36. The summed E-state index contributed by atoms with van der Waals surface area (Å²) in [5.74, 6) is 0. The van der Waals surface area contributed by atoms with Gasteiger partial charge in [0.05, 0.1) is 5.25 Å². The Morgan fingerprint density at radius 1 is 1.42 bits per heavy atom. The van der Waals surface area contributed by atoms with Gasteiger partial charge in [0.15, 0.2) is 0 Å². The standard InChI is InChI=1S/C9H8S3/c1-5-4-7-9(11-5)8-6(12-7)2-3-10-8/h2-4,6,8H,1H3. The van der Waals surface area contributed by atoms with Crippen molar-refractivity contribution in [3.05, 3.63) is 27.3 Å². The van der Waals surface area contributed by atoms with Gasteiger partial charge < -0.3 is 0 Å². The molecule has 1 aromatic rings. The summed E-state index contributed by atoms with van der Waals surface area (Å²) >= 11 is 5.98. The van der Waals surface area contributed by atoms with E-state index in [1.807, 2.05) is 34.9 Å². The molecular weight excluding hydrogens is 204 g/mol. The fraction of sp³-hybridized carbons (Fsp3) is 0.333. The number of thioether (sulfide) groups is 2. The molecule has 2 unspecified atom stereocenters. The van der Waals surface area contributed by atoms with Crippen molar-refractivity contribution in [2.75, 3.05) is 0 Å². The van der Waals surface area contributed by atoms with E-state index in [-0.39, 0.29) is 0 Å². The normalized spacial score (nSPS) is 30.8. The zero-order valence-electron chi connectivity index (χ0n) is 6.61.